The van der Waals surface area contributed by atoms with E-state index in [1.807, 2.05) is 6.08 Å². The van der Waals surface area contributed by atoms with Gasteiger partial charge >= 0.3 is 6.85 Å². The zero-order valence-electron chi connectivity index (χ0n) is 19.4. The Labute approximate surface area is 187 Å². The molecular weight excluding hydrogens is 373 g/mol. The van der Waals surface area contributed by atoms with Gasteiger partial charge in [0.15, 0.2) is 0 Å². The van der Waals surface area contributed by atoms with Gasteiger partial charge in [0.2, 0.25) is 0 Å². The first-order chi connectivity index (χ1) is 14.9. The van der Waals surface area contributed by atoms with Crippen molar-refractivity contribution in [2.75, 3.05) is 0 Å². The average Bonchev–Trinajstić information content (AvgIpc) is 3.18. The molecule has 4 rings (SSSR count). The Balaban J connectivity index is 1.77. The number of rotatable bonds is 6. The van der Waals surface area contributed by atoms with Gasteiger partial charge in [-0.15, -0.1) is 0 Å². The van der Waals surface area contributed by atoms with Gasteiger partial charge in [0, 0.05) is 5.36 Å². The molecule has 0 saturated carbocycles. The molecule has 0 amide bonds. The van der Waals surface area contributed by atoms with Gasteiger partial charge in [-0.2, -0.15) is 0 Å². The summed E-state index contributed by atoms with van der Waals surface area (Å²) in [6.07, 6.45) is 3.02. The van der Waals surface area contributed by atoms with Crippen LogP contribution in [0.3, 0.4) is 0 Å². The van der Waals surface area contributed by atoms with Crippen LogP contribution < -0.4 is 10.6 Å². The molecule has 1 atom stereocenters. The van der Waals surface area contributed by atoms with Crippen molar-refractivity contribution in [3.63, 3.8) is 0 Å². The van der Waals surface area contributed by atoms with Crippen LogP contribution in [0.2, 0.25) is 0 Å². The summed E-state index contributed by atoms with van der Waals surface area (Å²) in [5.41, 5.74) is 9.14. The number of hydrogen-bond donors (Lipinski definition) is 0. The van der Waals surface area contributed by atoms with E-state index in [1.165, 1.54) is 38.6 Å². The summed E-state index contributed by atoms with van der Waals surface area (Å²) in [6.45, 7) is 15.3. The van der Waals surface area contributed by atoms with Crippen LogP contribution in [0.5, 0.6) is 0 Å². The van der Waals surface area contributed by atoms with Gasteiger partial charge in [-0.1, -0.05) is 86.6 Å². The van der Waals surface area contributed by atoms with Crippen molar-refractivity contribution in [2.45, 2.75) is 46.9 Å². The first-order valence-electron chi connectivity index (χ1n) is 11.4. The third kappa shape index (κ3) is 4.30. The first-order valence-corrected chi connectivity index (χ1v) is 11.4. The lowest BCUT2D eigenvalue weighted by molar-refractivity contribution is 0.569. The van der Waals surface area contributed by atoms with Crippen molar-refractivity contribution in [2.24, 2.45) is 10.8 Å². The highest BCUT2D eigenvalue weighted by molar-refractivity contribution is 6.73. The summed E-state index contributed by atoms with van der Waals surface area (Å²) in [5.74, 6) is 3.41. The van der Waals surface area contributed by atoms with E-state index in [1.54, 1.807) is 0 Å². The predicted molar refractivity (Wildman–Crippen MR) is 136 cm³/mol. The molecule has 1 aliphatic rings. The van der Waals surface area contributed by atoms with E-state index < -0.39 is 0 Å². The molecule has 0 N–H and O–H groups in total. The van der Waals surface area contributed by atoms with Crippen molar-refractivity contribution < 1.29 is 0 Å². The van der Waals surface area contributed by atoms with Crippen LogP contribution in [-0.4, -0.2) is 6.85 Å². The molecule has 1 aliphatic heterocycles. The number of aryl methyl sites for hydroxylation is 2. The van der Waals surface area contributed by atoms with Gasteiger partial charge in [-0.3, -0.25) is 0 Å². The smallest absolute Gasteiger partial charge is 0.313 e. The summed E-state index contributed by atoms with van der Waals surface area (Å²) in [6, 6.07) is 20.0. The summed E-state index contributed by atoms with van der Waals surface area (Å²) in [4.78, 5) is 5.18. The van der Waals surface area contributed by atoms with Crippen LogP contribution in [0.4, 0.5) is 0 Å². The van der Waals surface area contributed by atoms with E-state index in [0.717, 1.165) is 17.3 Å². The molecule has 1 nitrogen and oxygen atoms in total. The number of fused-ring (bicyclic) bond motifs is 1. The Morgan fingerprint density at radius 2 is 1.65 bits per heavy atom. The minimum absolute atomic E-state index is 0.181. The second-order valence-corrected chi connectivity index (χ2v) is 9.38. The largest absolute Gasteiger partial charge is 0.335 e. The maximum atomic E-state index is 5.18. The van der Waals surface area contributed by atoms with Crippen LogP contribution in [0, 0.1) is 26.7 Å². The fourth-order valence-corrected chi connectivity index (χ4v) is 4.88. The fraction of sp³-hybridized carbons (Fsp3) is 0.276. The Kier molecular flexibility index (Phi) is 6.00. The Bertz CT molecular complexity index is 1230. The van der Waals surface area contributed by atoms with E-state index in [2.05, 4.69) is 102 Å². The zero-order chi connectivity index (χ0) is 22.1. The lowest BCUT2D eigenvalue weighted by Crippen LogP contribution is -2.24. The SMILES string of the molecule is C=Cc1ccc(C(CC(C)C)B2C=c3c(C)c(-c4ccc(C)cc4C)ccc3=N2)cc1. The summed E-state index contributed by atoms with van der Waals surface area (Å²) in [7, 11) is 0. The maximum Gasteiger partial charge on any atom is 0.313 e. The molecule has 0 fully saturated rings. The highest BCUT2D eigenvalue weighted by Crippen LogP contribution is 2.30. The van der Waals surface area contributed by atoms with E-state index in [-0.39, 0.29) is 6.85 Å². The topological polar surface area (TPSA) is 12.4 Å². The molecule has 3 aromatic rings. The number of hydrogen-bond acceptors (Lipinski definition) is 1. The molecule has 0 aliphatic carbocycles. The van der Waals surface area contributed by atoms with Crippen LogP contribution >= 0.6 is 0 Å². The first kappa shape index (κ1) is 21.4. The monoisotopic (exact) mass is 405 g/mol. The normalized spacial score (nSPS) is 13.5. The van der Waals surface area contributed by atoms with Crippen LogP contribution in [-0.2, 0) is 0 Å². The van der Waals surface area contributed by atoms with Crippen molar-refractivity contribution in [1.82, 2.24) is 0 Å². The second-order valence-electron chi connectivity index (χ2n) is 9.38. The molecule has 0 saturated heterocycles. The van der Waals surface area contributed by atoms with Gasteiger partial charge < -0.3 is 4.90 Å². The van der Waals surface area contributed by atoms with E-state index >= 15 is 0 Å². The molecule has 2 heteroatoms. The molecule has 1 unspecified atom stereocenters. The molecule has 3 aromatic carbocycles. The third-order valence-electron chi connectivity index (χ3n) is 6.53. The Morgan fingerprint density at radius 3 is 2.29 bits per heavy atom. The third-order valence-corrected chi connectivity index (χ3v) is 6.53. The van der Waals surface area contributed by atoms with Crippen molar-refractivity contribution in [1.29, 1.82) is 0 Å². The zero-order valence-corrected chi connectivity index (χ0v) is 19.4. The van der Waals surface area contributed by atoms with Crippen molar-refractivity contribution in [3.8, 4) is 11.1 Å². The van der Waals surface area contributed by atoms with E-state index in [9.17, 15) is 0 Å². The predicted octanol–water partition coefficient (Wildman–Crippen LogP) is 6.24. The summed E-state index contributed by atoms with van der Waals surface area (Å²) < 4.78 is 0. The van der Waals surface area contributed by atoms with Gasteiger partial charge in [0.1, 0.15) is 0 Å². The highest BCUT2D eigenvalue weighted by Gasteiger charge is 2.29. The van der Waals surface area contributed by atoms with E-state index in [0.29, 0.717) is 11.7 Å². The minimum atomic E-state index is 0.181. The molecule has 0 radical (unpaired) electrons. The minimum Gasteiger partial charge on any atom is -0.335 e. The molecule has 156 valence electrons. The van der Waals surface area contributed by atoms with E-state index in [4.69, 9.17) is 4.90 Å². The van der Waals surface area contributed by atoms with Gasteiger partial charge in [-0.25, -0.2) is 0 Å². The summed E-state index contributed by atoms with van der Waals surface area (Å²) >= 11 is 0. The van der Waals surface area contributed by atoms with Crippen LogP contribution in [0.15, 0.2) is 66.1 Å². The number of benzene rings is 3. The Morgan fingerprint density at radius 1 is 0.935 bits per heavy atom. The fourth-order valence-electron chi connectivity index (χ4n) is 4.88. The summed E-state index contributed by atoms with van der Waals surface area (Å²) in [5, 5.41) is 2.44. The van der Waals surface area contributed by atoms with Gasteiger partial charge in [-0.05, 0) is 83.6 Å². The standard InChI is InChI=1S/C29H32BN/c1-7-23-9-11-24(12-10-23)28(16-19(2)3)30-18-27-22(6)26(14-15-29(27)31-30)25-13-8-20(4)17-21(25)5/h7-15,17-19,28H,1,16H2,2-6H3. The highest BCUT2D eigenvalue weighted by atomic mass is 14.6. The van der Waals surface area contributed by atoms with Crippen molar-refractivity contribution in [3.05, 3.63) is 99.6 Å². The number of nitrogens with zero attached hydrogens (tertiary/aromatic N) is 1. The maximum absolute atomic E-state index is 5.18. The van der Waals surface area contributed by atoms with Crippen LogP contribution in [0.1, 0.15) is 53.9 Å². The lowest BCUT2D eigenvalue weighted by Gasteiger charge is -2.21. The molecule has 31 heavy (non-hydrogen) atoms. The lowest BCUT2D eigenvalue weighted by atomic mass is 9.49. The molecule has 0 spiro atoms. The molecule has 0 bridgehead atoms. The quantitative estimate of drug-likeness (QED) is 0.431. The second kappa shape index (κ2) is 8.71. The molecule has 0 aromatic heterocycles. The van der Waals surface area contributed by atoms with Crippen LogP contribution in [0.25, 0.3) is 23.2 Å². The van der Waals surface area contributed by atoms with Crippen molar-refractivity contribution >= 4 is 18.9 Å². The molecular formula is C29H32BN. The van der Waals surface area contributed by atoms with Gasteiger partial charge in [0.05, 0.1) is 0 Å². The van der Waals surface area contributed by atoms with Gasteiger partial charge in [0.25, 0.3) is 0 Å². The average molecular weight is 405 g/mol. The molecule has 1 heterocycles. The Hall–Kier alpha value is -2.87.